The van der Waals surface area contributed by atoms with Gasteiger partial charge < -0.3 is 14.0 Å². The Morgan fingerprint density at radius 1 is 0.812 bits per heavy atom. The molecule has 5 nitrogen and oxygen atoms in total. The minimum atomic E-state index is -0.708. The van der Waals surface area contributed by atoms with Crippen molar-refractivity contribution in [3.05, 3.63) is 145 Å². The molecule has 6 heteroatoms. The van der Waals surface area contributed by atoms with Crippen molar-refractivity contribution in [2.24, 2.45) is 0 Å². The molecule has 48 heavy (non-hydrogen) atoms. The van der Waals surface area contributed by atoms with Crippen molar-refractivity contribution in [1.82, 2.24) is 19.5 Å². The molecule has 0 aliphatic carbocycles. The van der Waals surface area contributed by atoms with E-state index in [9.17, 15) is 0 Å². The Morgan fingerprint density at radius 3 is 2.31 bits per heavy atom. The number of nitrogens with zero attached hydrogens (tertiary/aromatic N) is 4. The van der Waals surface area contributed by atoms with Crippen molar-refractivity contribution >= 4 is 33.1 Å². The molecule has 1 radical (unpaired) electrons. The van der Waals surface area contributed by atoms with E-state index in [1.165, 1.54) is 0 Å². The van der Waals surface area contributed by atoms with E-state index in [0.29, 0.717) is 0 Å². The SMILES string of the molecule is [2H]C(C)(C)c1ccc2c(c1)oc1c(-c3nc4cc(C(C)(C)C)cnc4n3-c3ccccc3)[c-]ccc12.[Ir].[c-]1ccccc1-c1ccccn1. The minimum Gasteiger partial charge on any atom is -0.501 e. The van der Waals surface area contributed by atoms with Crippen LogP contribution in [-0.4, -0.2) is 19.5 Å². The fraction of sp³-hybridized carbons (Fsp3) is 0.167. The van der Waals surface area contributed by atoms with Crippen molar-refractivity contribution in [2.45, 2.75) is 45.9 Å². The van der Waals surface area contributed by atoms with Gasteiger partial charge in [-0.15, -0.1) is 54.1 Å². The molecule has 0 saturated carbocycles. The molecule has 0 aliphatic rings. The van der Waals surface area contributed by atoms with Gasteiger partial charge in [-0.25, -0.2) is 4.98 Å². The number of aromatic nitrogens is 4. The zero-order valence-corrected chi connectivity index (χ0v) is 30.0. The third kappa shape index (κ3) is 6.47. The van der Waals surface area contributed by atoms with Gasteiger partial charge in [0.05, 0.1) is 16.9 Å². The summed E-state index contributed by atoms with van der Waals surface area (Å²) in [5, 5.41) is 2.02. The molecule has 0 saturated heterocycles. The molecule has 0 amide bonds. The number of furan rings is 1. The molecule has 8 aromatic rings. The van der Waals surface area contributed by atoms with E-state index in [4.69, 9.17) is 15.8 Å². The first-order valence-corrected chi connectivity index (χ1v) is 15.8. The smallest absolute Gasteiger partial charge is 0.155 e. The fourth-order valence-corrected chi connectivity index (χ4v) is 5.66. The Labute approximate surface area is 296 Å². The van der Waals surface area contributed by atoms with Gasteiger partial charge in [0.2, 0.25) is 0 Å². The zero-order chi connectivity index (χ0) is 33.5. The number of pyridine rings is 2. The number of hydrogen-bond donors (Lipinski definition) is 0. The zero-order valence-electron chi connectivity index (χ0n) is 28.6. The molecular formula is C42H36IrN4O-2. The van der Waals surface area contributed by atoms with Crippen LogP contribution in [-0.2, 0) is 25.5 Å². The van der Waals surface area contributed by atoms with Crippen LogP contribution >= 0.6 is 0 Å². The van der Waals surface area contributed by atoms with Crippen molar-refractivity contribution in [3.8, 4) is 28.3 Å². The number of fused-ring (bicyclic) bond motifs is 4. The van der Waals surface area contributed by atoms with E-state index in [2.05, 4.69) is 60.7 Å². The predicted molar refractivity (Wildman–Crippen MR) is 192 cm³/mol. The van der Waals surface area contributed by atoms with Gasteiger partial charge in [0, 0.05) is 44.9 Å². The molecule has 4 heterocycles. The van der Waals surface area contributed by atoms with Gasteiger partial charge in [0.15, 0.2) is 5.65 Å². The second kappa shape index (κ2) is 13.7. The van der Waals surface area contributed by atoms with Gasteiger partial charge in [-0.3, -0.25) is 4.98 Å². The Kier molecular flexibility index (Phi) is 9.03. The molecule has 0 unspecified atom stereocenters. The first-order valence-electron chi connectivity index (χ1n) is 16.3. The normalized spacial score (nSPS) is 12.0. The van der Waals surface area contributed by atoms with Gasteiger partial charge in [-0.2, -0.15) is 0 Å². The number of imidazole rings is 1. The van der Waals surface area contributed by atoms with Gasteiger partial charge in [0.25, 0.3) is 0 Å². The molecule has 0 bridgehead atoms. The van der Waals surface area contributed by atoms with Crippen molar-refractivity contribution < 1.29 is 25.9 Å². The number of hydrogen-bond acceptors (Lipinski definition) is 4. The molecule has 4 aromatic heterocycles. The summed E-state index contributed by atoms with van der Waals surface area (Å²) < 4.78 is 17.0. The minimum absolute atomic E-state index is 0. The molecule has 0 fully saturated rings. The van der Waals surface area contributed by atoms with E-state index < -0.39 is 5.89 Å². The summed E-state index contributed by atoms with van der Waals surface area (Å²) in [6, 6.07) is 42.5. The first kappa shape index (κ1) is 31.7. The van der Waals surface area contributed by atoms with Crippen LogP contribution in [0.1, 0.15) is 53.0 Å². The van der Waals surface area contributed by atoms with Crippen molar-refractivity contribution in [2.75, 3.05) is 0 Å². The third-order valence-electron chi connectivity index (χ3n) is 8.26. The van der Waals surface area contributed by atoms with E-state index in [0.717, 1.165) is 72.6 Å². The largest absolute Gasteiger partial charge is 0.501 e. The van der Waals surface area contributed by atoms with Gasteiger partial charge in [0.1, 0.15) is 5.58 Å². The Balaban J connectivity index is 0.000000270. The van der Waals surface area contributed by atoms with Gasteiger partial charge >= 0.3 is 0 Å². The van der Waals surface area contributed by atoms with E-state index in [1.54, 1.807) is 6.20 Å². The average Bonchev–Trinajstić information content (AvgIpc) is 3.67. The van der Waals surface area contributed by atoms with E-state index in [-0.39, 0.29) is 25.5 Å². The van der Waals surface area contributed by atoms with Crippen LogP contribution in [0.2, 0.25) is 0 Å². The second-order valence-electron chi connectivity index (χ2n) is 12.8. The average molecular weight is 806 g/mol. The topological polar surface area (TPSA) is 56.7 Å². The summed E-state index contributed by atoms with van der Waals surface area (Å²) in [4.78, 5) is 14.2. The third-order valence-corrected chi connectivity index (χ3v) is 8.26. The summed E-state index contributed by atoms with van der Waals surface area (Å²) in [6.45, 7) is 10.3. The summed E-state index contributed by atoms with van der Waals surface area (Å²) in [6.07, 6.45) is 3.74. The van der Waals surface area contributed by atoms with Crippen molar-refractivity contribution in [1.29, 1.82) is 0 Å². The number of benzene rings is 4. The van der Waals surface area contributed by atoms with Crippen LogP contribution in [0.5, 0.6) is 0 Å². The summed E-state index contributed by atoms with van der Waals surface area (Å²) in [5.74, 6) is 0.0280. The Hall–Kier alpha value is -4.90. The molecule has 0 spiro atoms. The maximum Gasteiger partial charge on any atom is 0.155 e. The monoisotopic (exact) mass is 806 g/mol. The van der Waals surface area contributed by atoms with Gasteiger partial charge in [-0.05, 0) is 58.5 Å². The molecule has 4 aromatic carbocycles. The fourth-order valence-electron chi connectivity index (χ4n) is 5.66. The molecular weight excluding hydrogens is 769 g/mol. The number of rotatable bonds is 4. The van der Waals surface area contributed by atoms with Crippen LogP contribution in [0.25, 0.3) is 61.4 Å². The summed E-state index contributed by atoms with van der Waals surface area (Å²) in [5.41, 5.74) is 8.91. The van der Waals surface area contributed by atoms with Crippen LogP contribution < -0.4 is 0 Å². The molecule has 8 rings (SSSR count). The number of para-hydroxylation sites is 1. The first-order chi connectivity index (χ1) is 23.1. The van der Waals surface area contributed by atoms with E-state index in [1.807, 2.05) is 111 Å². The molecule has 241 valence electrons. The maximum atomic E-state index is 8.44. The molecule has 0 N–H and O–H groups in total. The van der Waals surface area contributed by atoms with E-state index >= 15 is 0 Å². The second-order valence-corrected chi connectivity index (χ2v) is 12.8. The predicted octanol–water partition coefficient (Wildman–Crippen LogP) is 10.8. The standard InChI is InChI=1S/C31H28N3O.C11H8N.Ir/c1-19(2)20-14-15-23-24-12-9-13-25(28(24)35-27(23)16-20)29-33-26-17-21(31(3,4)5)18-32-30(26)34(29)22-10-7-6-8-11-22;1-2-6-10(7-3-1)11-8-4-5-9-12-11;/h6-12,14-19H,1-5H3;1-6,8-9H;/q2*-1;/i19D;;. The van der Waals surface area contributed by atoms with Crippen LogP contribution in [0, 0.1) is 12.1 Å². The van der Waals surface area contributed by atoms with Crippen LogP contribution in [0.15, 0.2) is 126 Å². The summed E-state index contributed by atoms with van der Waals surface area (Å²) in [7, 11) is 0. The quantitative estimate of drug-likeness (QED) is 0.166. The molecule has 0 atom stereocenters. The van der Waals surface area contributed by atoms with Crippen LogP contribution in [0.3, 0.4) is 0 Å². The van der Waals surface area contributed by atoms with Crippen molar-refractivity contribution in [3.63, 3.8) is 0 Å². The summed E-state index contributed by atoms with van der Waals surface area (Å²) >= 11 is 0. The Bertz CT molecular complexity index is 2320. The van der Waals surface area contributed by atoms with Gasteiger partial charge in [-0.1, -0.05) is 88.0 Å². The van der Waals surface area contributed by atoms with Crippen LogP contribution in [0.4, 0.5) is 0 Å². The Morgan fingerprint density at radius 2 is 1.60 bits per heavy atom. The maximum absolute atomic E-state index is 8.44. The molecule has 0 aliphatic heterocycles.